The van der Waals surface area contributed by atoms with Crippen molar-refractivity contribution >= 4 is 17.9 Å². The van der Waals surface area contributed by atoms with Crippen molar-refractivity contribution in [3.8, 4) is 0 Å². The summed E-state index contributed by atoms with van der Waals surface area (Å²) in [5.41, 5.74) is 0. The summed E-state index contributed by atoms with van der Waals surface area (Å²) in [5, 5.41) is 0. The van der Waals surface area contributed by atoms with Crippen LogP contribution in [0.15, 0.2) is 0 Å². The monoisotopic (exact) mass is 961 g/mol. The third-order valence-electron chi connectivity index (χ3n) is 14.3. The summed E-state index contributed by atoms with van der Waals surface area (Å²) in [5.74, 6) is -0.0163. The largest absolute Gasteiger partial charge is 0.462 e. The summed E-state index contributed by atoms with van der Waals surface area (Å²) in [6, 6.07) is 0. The molecule has 0 bridgehead atoms. The van der Waals surface area contributed by atoms with Gasteiger partial charge in [-0.1, -0.05) is 317 Å². The molecule has 404 valence electrons. The Morgan fingerprint density at radius 2 is 0.485 bits per heavy atom. The number of esters is 3. The van der Waals surface area contributed by atoms with Crippen molar-refractivity contribution in [1.82, 2.24) is 0 Å². The second-order valence-corrected chi connectivity index (χ2v) is 21.8. The molecule has 0 aliphatic carbocycles. The van der Waals surface area contributed by atoms with Gasteiger partial charge in [0.25, 0.3) is 0 Å². The first kappa shape index (κ1) is 66.4. The Morgan fingerprint density at radius 3 is 0.721 bits per heavy atom. The quantitative estimate of drug-likeness (QED) is 0.0343. The molecule has 0 saturated carbocycles. The van der Waals surface area contributed by atoms with E-state index in [4.69, 9.17) is 14.2 Å². The molecule has 0 saturated heterocycles. The number of carbonyl (C=O) groups is 3. The molecule has 0 heterocycles. The average Bonchev–Trinajstić information content (AvgIpc) is 3.32. The van der Waals surface area contributed by atoms with Crippen LogP contribution >= 0.6 is 0 Å². The summed E-state index contributed by atoms with van der Waals surface area (Å²) in [6.45, 7) is 9.06. The minimum absolute atomic E-state index is 0.0619. The second-order valence-electron chi connectivity index (χ2n) is 21.8. The Balaban J connectivity index is 4.25. The van der Waals surface area contributed by atoms with E-state index in [0.717, 1.165) is 63.7 Å². The zero-order valence-corrected chi connectivity index (χ0v) is 46.6. The summed E-state index contributed by atoms with van der Waals surface area (Å²) < 4.78 is 16.9. The Labute approximate surface area is 425 Å². The van der Waals surface area contributed by atoms with E-state index in [2.05, 4.69) is 27.7 Å². The summed E-state index contributed by atoms with van der Waals surface area (Å²) in [7, 11) is 0. The Morgan fingerprint density at radius 1 is 0.279 bits per heavy atom. The molecule has 0 aliphatic heterocycles. The summed E-state index contributed by atoms with van der Waals surface area (Å²) >= 11 is 0. The maximum Gasteiger partial charge on any atom is 0.306 e. The fourth-order valence-electron chi connectivity index (χ4n) is 9.63. The van der Waals surface area contributed by atoms with Gasteiger partial charge in [0.1, 0.15) is 13.2 Å². The van der Waals surface area contributed by atoms with Gasteiger partial charge in [-0.25, -0.2) is 0 Å². The van der Waals surface area contributed by atoms with E-state index in [1.54, 1.807) is 0 Å². The minimum atomic E-state index is -0.763. The maximum absolute atomic E-state index is 12.9. The highest BCUT2D eigenvalue weighted by atomic mass is 16.6. The topological polar surface area (TPSA) is 78.9 Å². The van der Waals surface area contributed by atoms with Gasteiger partial charge in [-0.3, -0.25) is 14.4 Å². The lowest BCUT2D eigenvalue weighted by Crippen LogP contribution is -2.30. The molecular formula is C62H120O6. The van der Waals surface area contributed by atoms with Crippen molar-refractivity contribution in [2.24, 2.45) is 5.92 Å². The van der Waals surface area contributed by atoms with Crippen LogP contribution in [-0.4, -0.2) is 37.2 Å². The number of rotatable bonds is 57. The molecule has 0 aromatic rings. The van der Waals surface area contributed by atoms with Gasteiger partial charge < -0.3 is 14.2 Å². The maximum atomic E-state index is 12.9. The standard InChI is InChI=1S/C62H120O6/c1-5-7-9-11-13-15-17-19-21-23-25-27-29-31-33-38-42-46-50-54-61(64)67-57-59(68-62(65)55-51-47-43-39-35-34-36-40-44-48-52-58(3)4)56-66-60(63)53-49-45-41-37-32-30-28-26-24-22-20-18-16-14-12-10-8-6-2/h58-59H,5-57H2,1-4H3/t59-/m1/s1. The lowest BCUT2D eigenvalue weighted by molar-refractivity contribution is -0.167. The smallest absolute Gasteiger partial charge is 0.306 e. The molecule has 6 heteroatoms. The number of unbranched alkanes of at least 4 members (excludes halogenated alkanes) is 44. The zero-order valence-electron chi connectivity index (χ0n) is 46.6. The molecular weight excluding hydrogens is 841 g/mol. The highest BCUT2D eigenvalue weighted by Crippen LogP contribution is 2.18. The van der Waals surface area contributed by atoms with Crippen LogP contribution in [0.4, 0.5) is 0 Å². The fourth-order valence-corrected chi connectivity index (χ4v) is 9.63. The van der Waals surface area contributed by atoms with Crippen LogP contribution in [0.1, 0.15) is 355 Å². The van der Waals surface area contributed by atoms with Gasteiger partial charge in [-0.05, 0) is 25.2 Å². The van der Waals surface area contributed by atoms with E-state index in [0.29, 0.717) is 19.3 Å². The zero-order chi connectivity index (χ0) is 49.5. The normalized spacial score (nSPS) is 12.0. The van der Waals surface area contributed by atoms with Crippen molar-refractivity contribution < 1.29 is 28.6 Å². The number of hydrogen-bond donors (Lipinski definition) is 0. The van der Waals surface area contributed by atoms with E-state index in [1.807, 2.05) is 0 Å². The molecule has 0 spiro atoms. The summed E-state index contributed by atoms with van der Waals surface area (Å²) in [6.07, 6.45) is 62.5. The predicted molar refractivity (Wildman–Crippen MR) is 293 cm³/mol. The highest BCUT2D eigenvalue weighted by Gasteiger charge is 2.19. The molecule has 0 rings (SSSR count). The van der Waals surface area contributed by atoms with Gasteiger partial charge >= 0.3 is 17.9 Å². The molecule has 0 fully saturated rings. The molecule has 0 amide bonds. The third-order valence-corrected chi connectivity index (χ3v) is 14.3. The second kappa shape index (κ2) is 56.3. The van der Waals surface area contributed by atoms with Crippen molar-refractivity contribution in [3.63, 3.8) is 0 Å². The van der Waals surface area contributed by atoms with Crippen molar-refractivity contribution in [2.45, 2.75) is 361 Å². The van der Waals surface area contributed by atoms with Gasteiger partial charge in [0.15, 0.2) is 6.10 Å². The predicted octanol–water partition coefficient (Wildman–Crippen LogP) is 20.6. The van der Waals surface area contributed by atoms with Crippen LogP contribution in [0, 0.1) is 5.92 Å². The number of carbonyl (C=O) groups excluding carboxylic acids is 3. The van der Waals surface area contributed by atoms with E-state index in [9.17, 15) is 14.4 Å². The van der Waals surface area contributed by atoms with Crippen molar-refractivity contribution in [3.05, 3.63) is 0 Å². The third kappa shape index (κ3) is 55.3. The summed E-state index contributed by atoms with van der Waals surface area (Å²) in [4.78, 5) is 38.2. The van der Waals surface area contributed by atoms with Gasteiger partial charge in [0.05, 0.1) is 0 Å². The first-order valence-electron chi connectivity index (χ1n) is 30.9. The van der Waals surface area contributed by atoms with Gasteiger partial charge in [0, 0.05) is 19.3 Å². The van der Waals surface area contributed by atoms with Crippen LogP contribution < -0.4 is 0 Å². The molecule has 0 aromatic carbocycles. The molecule has 0 N–H and O–H groups in total. The molecule has 0 unspecified atom stereocenters. The van der Waals surface area contributed by atoms with Gasteiger partial charge in [-0.2, -0.15) is 0 Å². The van der Waals surface area contributed by atoms with Gasteiger partial charge in [-0.15, -0.1) is 0 Å². The lowest BCUT2D eigenvalue weighted by Gasteiger charge is -2.18. The number of hydrogen-bond acceptors (Lipinski definition) is 6. The van der Waals surface area contributed by atoms with E-state index < -0.39 is 6.10 Å². The Bertz CT molecular complexity index is 1030. The Kier molecular flexibility index (Phi) is 55.0. The Hall–Kier alpha value is -1.59. The number of ether oxygens (including phenoxy) is 3. The fraction of sp³-hybridized carbons (Fsp3) is 0.952. The van der Waals surface area contributed by atoms with Crippen LogP contribution in [0.2, 0.25) is 0 Å². The SMILES string of the molecule is CCCCCCCCCCCCCCCCCCCCCC(=O)OC[C@@H](COC(=O)CCCCCCCCCCCCCCCCCCCC)OC(=O)CCCCCCCCCCCCC(C)C. The minimum Gasteiger partial charge on any atom is -0.462 e. The highest BCUT2D eigenvalue weighted by molar-refractivity contribution is 5.71. The molecule has 0 aliphatic rings. The average molecular weight is 962 g/mol. The van der Waals surface area contributed by atoms with Crippen LogP contribution in [-0.2, 0) is 28.6 Å². The van der Waals surface area contributed by atoms with Gasteiger partial charge in [0.2, 0.25) is 0 Å². The lowest BCUT2D eigenvalue weighted by atomic mass is 10.0. The molecule has 0 aromatic heterocycles. The molecule has 0 radical (unpaired) electrons. The van der Waals surface area contributed by atoms with E-state index >= 15 is 0 Å². The van der Waals surface area contributed by atoms with Crippen LogP contribution in [0.3, 0.4) is 0 Å². The molecule has 68 heavy (non-hydrogen) atoms. The molecule has 1 atom stereocenters. The first-order chi connectivity index (χ1) is 33.4. The van der Waals surface area contributed by atoms with Crippen LogP contribution in [0.5, 0.6) is 0 Å². The van der Waals surface area contributed by atoms with E-state index in [-0.39, 0.29) is 31.1 Å². The first-order valence-corrected chi connectivity index (χ1v) is 30.9. The van der Waals surface area contributed by atoms with E-state index in [1.165, 1.54) is 250 Å². The molecule has 6 nitrogen and oxygen atoms in total. The van der Waals surface area contributed by atoms with Crippen LogP contribution in [0.25, 0.3) is 0 Å². The van der Waals surface area contributed by atoms with Crippen molar-refractivity contribution in [2.75, 3.05) is 13.2 Å². The van der Waals surface area contributed by atoms with Crippen molar-refractivity contribution in [1.29, 1.82) is 0 Å².